The van der Waals surface area contributed by atoms with Crippen molar-refractivity contribution < 1.29 is 14.3 Å². The van der Waals surface area contributed by atoms with Crippen molar-refractivity contribution in [1.82, 2.24) is 10.2 Å². The summed E-state index contributed by atoms with van der Waals surface area (Å²) in [6, 6.07) is 8.40. The van der Waals surface area contributed by atoms with Gasteiger partial charge in [0, 0.05) is 25.6 Å². The van der Waals surface area contributed by atoms with Crippen molar-refractivity contribution in [3.05, 3.63) is 29.8 Å². The third-order valence-corrected chi connectivity index (χ3v) is 5.45. The molecule has 1 aliphatic heterocycles. The van der Waals surface area contributed by atoms with Crippen LogP contribution < -0.4 is 10.1 Å². The van der Waals surface area contributed by atoms with Gasteiger partial charge in [-0.05, 0) is 44.7 Å². The van der Waals surface area contributed by atoms with Gasteiger partial charge in [-0.1, -0.05) is 30.5 Å². The maximum Gasteiger partial charge on any atom is 0.225 e. The maximum absolute atomic E-state index is 12.3. The Balaban J connectivity index is 1.29. The second kappa shape index (κ2) is 9.06. The van der Waals surface area contributed by atoms with Gasteiger partial charge in [-0.25, -0.2) is 0 Å². The van der Waals surface area contributed by atoms with Gasteiger partial charge in [0.15, 0.2) is 0 Å². The topological polar surface area (TPSA) is 58.6 Å². The van der Waals surface area contributed by atoms with Crippen molar-refractivity contribution in [2.45, 2.75) is 57.9 Å². The lowest BCUT2D eigenvalue weighted by atomic mass is 10.1. The van der Waals surface area contributed by atoms with Crippen LogP contribution in [0.4, 0.5) is 0 Å². The normalized spacial score (nSPS) is 20.6. The van der Waals surface area contributed by atoms with Crippen molar-refractivity contribution in [1.29, 1.82) is 0 Å². The van der Waals surface area contributed by atoms with Crippen molar-refractivity contribution in [3.63, 3.8) is 0 Å². The number of nitrogens with one attached hydrogen (secondary N) is 1. The fourth-order valence-electron chi connectivity index (χ4n) is 3.88. The Morgan fingerprint density at radius 1 is 1.19 bits per heavy atom. The molecule has 1 saturated carbocycles. The van der Waals surface area contributed by atoms with E-state index in [-0.39, 0.29) is 17.7 Å². The molecule has 26 heavy (non-hydrogen) atoms. The average molecular weight is 358 g/mol. The second-order valence-electron chi connectivity index (χ2n) is 7.55. The van der Waals surface area contributed by atoms with Gasteiger partial charge in [-0.15, -0.1) is 0 Å². The molecule has 1 saturated heterocycles. The molecule has 1 aromatic carbocycles. The molecule has 0 radical (unpaired) electrons. The summed E-state index contributed by atoms with van der Waals surface area (Å²) < 4.78 is 5.69. The standard InChI is InChI=1S/C21H30N2O3/c1-16-8-10-19(11-9-16)26-13-5-4-12-22-21(25)17-14-20(24)23(15-17)18-6-2-3-7-18/h8-11,17-18H,2-7,12-15H2,1H3,(H,22,25). The van der Waals surface area contributed by atoms with Gasteiger partial charge in [0.05, 0.1) is 12.5 Å². The molecule has 3 rings (SSSR count). The maximum atomic E-state index is 12.3. The number of amides is 2. The van der Waals surface area contributed by atoms with Gasteiger partial charge < -0.3 is 15.0 Å². The number of hydrogen-bond donors (Lipinski definition) is 1. The number of aryl methyl sites for hydroxylation is 1. The minimum absolute atomic E-state index is 0.0262. The number of rotatable bonds is 8. The Labute approximate surface area is 156 Å². The van der Waals surface area contributed by atoms with Gasteiger partial charge in [-0.3, -0.25) is 9.59 Å². The van der Waals surface area contributed by atoms with Gasteiger partial charge in [0.1, 0.15) is 5.75 Å². The molecule has 2 aliphatic rings. The Hall–Kier alpha value is -2.04. The monoisotopic (exact) mass is 358 g/mol. The Morgan fingerprint density at radius 2 is 1.92 bits per heavy atom. The zero-order valence-corrected chi connectivity index (χ0v) is 15.7. The van der Waals surface area contributed by atoms with Crippen LogP contribution in [0.25, 0.3) is 0 Å². The highest BCUT2D eigenvalue weighted by Crippen LogP contribution is 2.29. The third kappa shape index (κ3) is 4.99. The summed E-state index contributed by atoms with van der Waals surface area (Å²) >= 11 is 0. The summed E-state index contributed by atoms with van der Waals surface area (Å²) in [5.41, 5.74) is 1.22. The van der Waals surface area contributed by atoms with E-state index in [1.807, 2.05) is 29.2 Å². The van der Waals surface area contributed by atoms with Crippen molar-refractivity contribution in [2.24, 2.45) is 5.92 Å². The number of hydrogen-bond acceptors (Lipinski definition) is 3. The Bertz CT molecular complexity index is 608. The molecule has 5 nitrogen and oxygen atoms in total. The first-order valence-electron chi connectivity index (χ1n) is 9.90. The molecule has 5 heteroatoms. The number of benzene rings is 1. The molecule has 142 valence electrons. The first-order chi connectivity index (χ1) is 12.6. The fraction of sp³-hybridized carbons (Fsp3) is 0.619. The average Bonchev–Trinajstić information content (AvgIpc) is 3.28. The second-order valence-corrected chi connectivity index (χ2v) is 7.55. The molecular weight excluding hydrogens is 328 g/mol. The van der Waals surface area contributed by atoms with E-state index in [0.29, 0.717) is 32.2 Å². The lowest BCUT2D eigenvalue weighted by Crippen LogP contribution is -2.37. The predicted octanol–water partition coefficient (Wildman–Crippen LogP) is 3.06. The number of likely N-dealkylation sites (tertiary alicyclic amines) is 1. The highest BCUT2D eigenvalue weighted by atomic mass is 16.5. The van der Waals surface area contributed by atoms with E-state index >= 15 is 0 Å². The number of ether oxygens (including phenoxy) is 1. The number of unbranched alkanes of at least 4 members (excludes halogenated alkanes) is 1. The molecule has 1 N–H and O–H groups in total. The van der Waals surface area contributed by atoms with Gasteiger partial charge in [-0.2, -0.15) is 0 Å². The number of carbonyl (C=O) groups is 2. The molecule has 1 heterocycles. The summed E-state index contributed by atoms with van der Waals surface area (Å²) in [4.78, 5) is 26.4. The molecule has 1 atom stereocenters. The summed E-state index contributed by atoms with van der Waals surface area (Å²) in [6.45, 7) is 3.95. The largest absolute Gasteiger partial charge is 0.494 e. The Kier molecular flexibility index (Phi) is 6.53. The van der Waals surface area contributed by atoms with Gasteiger partial charge in [0.2, 0.25) is 11.8 Å². The smallest absolute Gasteiger partial charge is 0.225 e. The summed E-state index contributed by atoms with van der Waals surface area (Å²) in [5, 5.41) is 2.99. The van der Waals surface area contributed by atoms with E-state index in [1.165, 1.54) is 18.4 Å². The van der Waals surface area contributed by atoms with Gasteiger partial charge >= 0.3 is 0 Å². The van der Waals surface area contributed by atoms with E-state index in [0.717, 1.165) is 31.4 Å². The SMILES string of the molecule is Cc1ccc(OCCCCNC(=O)C2CC(=O)N(C3CCCC3)C2)cc1. The number of nitrogens with zero attached hydrogens (tertiary/aromatic N) is 1. The van der Waals surface area contributed by atoms with Crippen LogP contribution in [-0.2, 0) is 9.59 Å². The van der Waals surface area contributed by atoms with E-state index in [4.69, 9.17) is 4.74 Å². The predicted molar refractivity (Wildman–Crippen MR) is 101 cm³/mol. The molecule has 2 amide bonds. The summed E-state index contributed by atoms with van der Waals surface area (Å²) in [5.74, 6) is 0.893. The van der Waals surface area contributed by atoms with Crippen LogP contribution in [-0.4, -0.2) is 42.5 Å². The summed E-state index contributed by atoms with van der Waals surface area (Å²) in [7, 11) is 0. The lowest BCUT2D eigenvalue weighted by Gasteiger charge is -2.23. The minimum Gasteiger partial charge on any atom is -0.494 e. The summed E-state index contributed by atoms with van der Waals surface area (Å²) in [6.07, 6.45) is 6.75. The molecule has 1 unspecified atom stereocenters. The zero-order valence-electron chi connectivity index (χ0n) is 15.7. The molecule has 2 fully saturated rings. The van der Waals surface area contributed by atoms with E-state index in [9.17, 15) is 9.59 Å². The first kappa shape index (κ1) is 18.7. The highest BCUT2D eigenvalue weighted by Gasteiger charge is 2.38. The molecule has 0 spiro atoms. The van der Waals surface area contributed by atoms with E-state index in [1.54, 1.807) is 0 Å². The van der Waals surface area contributed by atoms with Crippen LogP contribution in [0, 0.1) is 12.8 Å². The minimum atomic E-state index is -0.174. The molecule has 1 aliphatic carbocycles. The molecular formula is C21H30N2O3. The van der Waals surface area contributed by atoms with Gasteiger partial charge in [0.25, 0.3) is 0 Å². The third-order valence-electron chi connectivity index (χ3n) is 5.45. The van der Waals surface area contributed by atoms with E-state index < -0.39 is 0 Å². The fourth-order valence-corrected chi connectivity index (χ4v) is 3.88. The van der Waals surface area contributed by atoms with Crippen LogP contribution in [0.1, 0.15) is 50.5 Å². The molecule has 0 bridgehead atoms. The zero-order chi connectivity index (χ0) is 18.4. The number of carbonyl (C=O) groups excluding carboxylic acids is 2. The highest BCUT2D eigenvalue weighted by molar-refractivity contribution is 5.89. The van der Waals surface area contributed by atoms with Crippen molar-refractivity contribution in [3.8, 4) is 5.75 Å². The molecule has 0 aromatic heterocycles. The van der Waals surface area contributed by atoms with Crippen LogP contribution >= 0.6 is 0 Å². The van der Waals surface area contributed by atoms with Crippen LogP contribution in [0.5, 0.6) is 5.75 Å². The lowest BCUT2D eigenvalue weighted by molar-refractivity contribution is -0.130. The van der Waals surface area contributed by atoms with E-state index in [2.05, 4.69) is 12.2 Å². The Morgan fingerprint density at radius 3 is 2.65 bits per heavy atom. The van der Waals surface area contributed by atoms with Crippen molar-refractivity contribution >= 4 is 11.8 Å². The molecule has 1 aromatic rings. The van der Waals surface area contributed by atoms with Crippen molar-refractivity contribution in [2.75, 3.05) is 19.7 Å². The first-order valence-corrected chi connectivity index (χ1v) is 9.90. The quantitative estimate of drug-likeness (QED) is 0.727. The van der Waals surface area contributed by atoms with Crippen LogP contribution in [0.2, 0.25) is 0 Å². The van der Waals surface area contributed by atoms with Crippen LogP contribution in [0.15, 0.2) is 24.3 Å². The van der Waals surface area contributed by atoms with Crippen LogP contribution in [0.3, 0.4) is 0 Å².